The van der Waals surface area contributed by atoms with Gasteiger partial charge in [-0.05, 0) is 43.4 Å². The molecule has 0 aromatic carbocycles. The Morgan fingerprint density at radius 1 is 1.07 bits per heavy atom. The van der Waals surface area contributed by atoms with Gasteiger partial charge in [0.05, 0.1) is 6.07 Å². The van der Waals surface area contributed by atoms with Gasteiger partial charge < -0.3 is 0 Å². The molecular weight excluding hydrogens is 182 g/mol. The van der Waals surface area contributed by atoms with Crippen molar-refractivity contribution in [2.24, 2.45) is 23.7 Å². The molecule has 0 aromatic heterocycles. The van der Waals surface area contributed by atoms with Gasteiger partial charge in [0.1, 0.15) is 0 Å². The van der Waals surface area contributed by atoms with E-state index < -0.39 is 0 Å². The predicted molar refractivity (Wildman–Crippen MR) is 64.3 cm³/mol. The van der Waals surface area contributed by atoms with Crippen molar-refractivity contribution in [2.75, 3.05) is 0 Å². The molecule has 0 N–H and O–H groups in total. The van der Waals surface area contributed by atoms with Gasteiger partial charge in [0, 0.05) is 5.92 Å². The molecule has 0 aromatic rings. The van der Waals surface area contributed by atoms with Crippen LogP contribution in [0.2, 0.25) is 0 Å². The topological polar surface area (TPSA) is 23.8 Å². The van der Waals surface area contributed by atoms with Crippen LogP contribution in [0.3, 0.4) is 0 Å². The zero-order valence-electron chi connectivity index (χ0n) is 10.5. The zero-order valence-corrected chi connectivity index (χ0v) is 10.5. The molecule has 1 atom stereocenters. The van der Waals surface area contributed by atoms with Crippen molar-refractivity contribution in [1.82, 2.24) is 0 Å². The Balaban J connectivity index is 2.24. The third-order valence-electron chi connectivity index (χ3n) is 3.96. The Bertz CT molecular complexity index is 206. The summed E-state index contributed by atoms with van der Waals surface area (Å²) in [5.41, 5.74) is 0. The lowest BCUT2D eigenvalue weighted by Gasteiger charge is -2.30. The van der Waals surface area contributed by atoms with Gasteiger partial charge in [0.25, 0.3) is 0 Å². The molecule has 1 unspecified atom stereocenters. The summed E-state index contributed by atoms with van der Waals surface area (Å²) in [6.07, 6.45) is 7.61. The van der Waals surface area contributed by atoms with Crippen molar-refractivity contribution < 1.29 is 0 Å². The second kappa shape index (κ2) is 6.16. The maximum atomic E-state index is 8.84. The first-order valence-electron chi connectivity index (χ1n) is 6.53. The fraction of sp³-hybridized carbons (Fsp3) is 0.929. The van der Waals surface area contributed by atoms with Gasteiger partial charge in [-0.2, -0.15) is 5.26 Å². The molecule has 0 spiro atoms. The molecular formula is C14H25N. The average Bonchev–Trinajstić information content (AvgIpc) is 2.26. The van der Waals surface area contributed by atoms with E-state index in [9.17, 15) is 0 Å². The lowest BCUT2D eigenvalue weighted by Crippen LogP contribution is -2.19. The summed E-state index contributed by atoms with van der Waals surface area (Å²) in [5.74, 6) is 2.96. The lowest BCUT2D eigenvalue weighted by molar-refractivity contribution is 0.221. The van der Waals surface area contributed by atoms with Crippen molar-refractivity contribution in [1.29, 1.82) is 5.26 Å². The average molecular weight is 207 g/mol. The van der Waals surface area contributed by atoms with E-state index in [1.165, 1.54) is 25.7 Å². The minimum Gasteiger partial charge on any atom is -0.198 e. The van der Waals surface area contributed by atoms with E-state index in [1.807, 2.05) is 0 Å². The van der Waals surface area contributed by atoms with Gasteiger partial charge >= 0.3 is 0 Å². The first kappa shape index (κ1) is 12.6. The summed E-state index contributed by atoms with van der Waals surface area (Å²) in [7, 11) is 0. The van der Waals surface area contributed by atoms with E-state index in [-0.39, 0.29) is 0 Å². The third-order valence-corrected chi connectivity index (χ3v) is 3.96. The van der Waals surface area contributed by atoms with Crippen molar-refractivity contribution >= 4 is 0 Å². The monoisotopic (exact) mass is 207 g/mol. The standard InChI is InChI=1S/C14H25N/c1-11(2)4-5-12(3)14-8-6-13(10-15)7-9-14/h11-14H,4-9H2,1-3H3. The van der Waals surface area contributed by atoms with Crippen molar-refractivity contribution in [3.63, 3.8) is 0 Å². The molecule has 0 aliphatic heterocycles. The molecule has 1 saturated carbocycles. The summed E-state index contributed by atoms with van der Waals surface area (Å²) < 4.78 is 0. The molecule has 1 fully saturated rings. The second-order valence-electron chi connectivity index (χ2n) is 5.69. The van der Waals surface area contributed by atoms with E-state index in [0.29, 0.717) is 5.92 Å². The highest BCUT2D eigenvalue weighted by Crippen LogP contribution is 2.35. The van der Waals surface area contributed by atoms with Crippen LogP contribution in [-0.4, -0.2) is 0 Å². The van der Waals surface area contributed by atoms with E-state index in [0.717, 1.165) is 30.6 Å². The summed E-state index contributed by atoms with van der Waals surface area (Å²) in [4.78, 5) is 0. The predicted octanol–water partition coefficient (Wildman–Crippen LogP) is 4.39. The number of nitrogens with zero attached hydrogens (tertiary/aromatic N) is 1. The minimum atomic E-state index is 0.360. The molecule has 0 bridgehead atoms. The van der Waals surface area contributed by atoms with Crippen LogP contribution in [0.25, 0.3) is 0 Å². The van der Waals surface area contributed by atoms with Crippen LogP contribution in [0.4, 0.5) is 0 Å². The van der Waals surface area contributed by atoms with E-state index >= 15 is 0 Å². The maximum absolute atomic E-state index is 8.84. The molecule has 0 radical (unpaired) electrons. The van der Waals surface area contributed by atoms with Gasteiger partial charge in [0.2, 0.25) is 0 Å². The van der Waals surface area contributed by atoms with Crippen molar-refractivity contribution in [3.8, 4) is 6.07 Å². The highest BCUT2D eigenvalue weighted by molar-refractivity contribution is 4.88. The molecule has 0 amide bonds. The molecule has 1 aliphatic rings. The van der Waals surface area contributed by atoms with Gasteiger partial charge in [-0.25, -0.2) is 0 Å². The molecule has 15 heavy (non-hydrogen) atoms. The Kier molecular flexibility index (Phi) is 5.15. The molecule has 86 valence electrons. The number of rotatable bonds is 4. The first-order chi connectivity index (χ1) is 7.13. The Morgan fingerprint density at radius 2 is 1.67 bits per heavy atom. The zero-order chi connectivity index (χ0) is 11.3. The Labute approximate surface area is 94.9 Å². The maximum Gasteiger partial charge on any atom is 0.0655 e. The van der Waals surface area contributed by atoms with Gasteiger partial charge in [-0.1, -0.05) is 33.6 Å². The van der Waals surface area contributed by atoms with Gasteiger partial charge in [0.15, 0.2) is 0 Å². The Hall–Kier alpha value is -0.510. The SMILES string of the molecule is CC(C)CCC(C)C1CCC(C#N)CC1. The highest BCUT2D eigenvalue weighted by atomic mass is 14.3. The van der Waals surface area contributed by atoms with Gasteiger partial charge in [-0.15, -0.1) is 0 Å². The van der Waals surface area contributed by atoms with Gasteiger partial charge in [-0.3, -0.25) is 0 Å². The highest BCUT2D eigenvalue weighted by Gasteiger charge is 2.24. The van der Waals surface area contributed by atoms with E-state index in [4.69, 9.17) is 5.26 Å². The number of hydrogen-bond donors (Lipinski definition) is 0. The molecule has 1 nitrogen and oxygen atoms in total. The van der Waals surface area contributed by atoms with Crippen LogP contribution in [-0.2, 0) is 0 Å². The van der Waals surface area contributed by atoms with Crippen LogP contribution in [0.5, 0.6) is 0 Å². The van der Waals surface area contributed by atoms with E-state index in [1.54, 1.807) is 0 Å². The fourth-order valence-electron chi connectivity index (χ4n) is 2.65. The second-order valence-corrected chi connectivity index (χ2v) is 5.69. The van der Waals surface area contributed by atoms with Crippen LogP contribution >= 0.6 is 0 Å². The van der Waals surface area contributed by atoms with Crippen LogP contribution in [0.1, 0.15) is 59.3 Å². The quantitative estimate of drug-likeness (QED) is 0.670. The van der Waals surface area contributed by atoms with Crippen molar-refractivity contribution in [2.45, 2.75) is 59.3 Å². The third kappa shape index (κ3) is 4.24. The minimum absolute atomic E-state index is 0.360. The first-order valence-corrected chi connectivity index (χ1v) is 6.53. The lowest BCUT2D eigenvalue weighted by atomic mass is 9.75. The van der Waals surface area contributed by atoms with Crippen LogP contribution in [0, 0.1) is 35.0 Å². The van der Waals surface area contributed by atoms with Crippen molar-refractivity contribution in [3.05, 3.63) is 0 Å². The summed E-state index contributed by atoms with van der Waals surface area (Å²) in [6.45, 7) is 7.01. The molecule has 1 aliphatic carbocycles. The molecule has 1 rings (SSSR count). The largest absolute Gasteiger partial charge is 0.198 e. The van der Waals surface area contributed by atoms with E-state index in [2.05, 4.69) is 26.8 Å². The van der Waals surface area contributed by atoms with Crippen LogP contribution in [0.15, 0.2) is 0 Å². The normalized spacial score (nSPS) is 28.7. The fourth-order valence-corrected chi connectivity index (χ4v) is 2.65. The summed E-state index contributed by atoms with van der Waals surface area (Å²) >= 11 is 0. The number of nitriles is 1. The summed E-state index contributed by atoms with van der Waals surface area (Å²) in [5, 5.41) is 8.84. The molecule has 0 heterocycles. The molecule has 1 heteroatoms. The molecule has 0 saturated heterocycles. The van der Waals surface area contributed by atoms with Crippen LogP contribution < -0.4 is 0 Å². The summed E-state index contributed by atoms with van der Waals surface area (Å²) in [6, 6.07) is 2.41. The number of hydrogen-bond acceptors (Lipinski definition) is 1. The Morgan fingerprint density at radius 3 is 2.13 bits per heavy atom. The smallest absolute Gasteiger partial charge is 0.0655 e.